The van der Waals surface area contributed by atoms with Crippen molar-refractivity contribution in [2.24, 2.45) is 11.7 Å². The molecule has 1 aromatic rings. The second-order valence-corrected chi connectivity index (χ2v) is 4.27. The molecule has 0 heterocycles. The second kappa shape index (κ2) is 6.57. The van der Waals surface area contributed by atoms with Crippen molar-refractivity contribution in [2.75, 3.05) is 11.9 Å². The Labute approximate surface area is 105 Å². The Hall–Kier alpha value is -1.13. The summed E-state index contributed by atoms with van der Waals surface area (Å²) in [7, 11) is 0. The molecule has 1 rings (SSSR count). The normalized spacial score (nSPS) is 12.2. The minimum absolute atomic E-state index is 0.00586. The van der Waals surface area contributed by atoms with Gasteiger partial charge in [0.15, 0.2) is 5.82 Å². The quantitative estimate of drug-likeness (QED) is 0.853. The SMILES string of the molecule is CCC(CN)CC(=O)Nc1cccc(Cl)c1F. The molecule has 1 amide bonds. The maximum Gasteiger partial charge on any atom is 0.224 e. The molecule has 0 fully saturated rings. The van der Waals surface area contributed by atoms with Crippen LogP contribution in [0.3, 0.4) is 0 Å². The molecule has 1 unspecified atom stereocenters. The maximum atomic E-state index is 13.5. The average Bonchev–Trinajstić information content (AvgIpc) is 2.32. The molecule has 1 atom stereocenters. The molecule has 3 N–H and O–H groups in total. The number of benzene rings is 1. The number of nitrogens with two attached hydrogens (primary N) is 1. The second-order valence-electron chi connectivity index (χ2n) is 3.86. The van der Waals surface area contributed by atoms with E-state index in [2.05, 4.69) is 5.32 Å². The summed E-state index contributed by atoms with van der Waals surface area (Å²) < 4.78 is 13.5. The van der Waals surface area contributed by atoms with Crippen LogP contribution in [-0.2, 0) is 4.79 Å². The van der Waals surface area contributed by atoms with Crippen molar-refractivity contribution in [1.29, 1.82) is 0 Å². The summed E-state index contributed by atoms with van der Waals surface area (Å²) in [5.74, 6) is -0.732. The van der Waals surface area contributed by atoms with Gasteiger partial charge < -0.3 is 11.1 Å². The van der Waals surface area contributed by atoms with Crippen LogP contribution in [0.1, 0.15) is 19.8 Å². The van der Waals surface area contributed by atoms with E-state index in [4.69, 9.17) is 17.3 Å². The number of carbonyl (C=O) groups is 1. The lowest BCUT2D eigenvalue weighted by Gasteiger charge is -2.12. The van der Waals surface area contributed by atoms with Crippen molar-refractivity contribution in [3.05, 3.63) is 29.0 Å². The lowest BCUT2D eigenvalue weighted by molar-refractivity contribution is -0.117. The highest BCUT2D eigenvalue weighted by atomic mass is 35.5. The number of hydrogen-bond donors (Lipinski definition) is 2. The Bertz CT molecular complexity index is 394. The van der Waals surface area contributed by atoms with E-state index in [0.29, 0.717) is 13.0 Å². The van der Waals surface area contributed by atoms with Gasteiger partial charge >= 0.3 is 0 Å². The van der Waals surface area contributed by atoms with Gasteiger partial charge in [-0.15, -0.1) is 0 Å². The van der Waals surface area contributed by atoms with E-state index in [9.17, 15) is 9.18 Å². The smallest absolute Gasteiger partial charge is 0.224 e. The minimum Gasteiger partial charge on any atom is -0.330 e. The van der Waals surface area contributed by atoms with E-state index in [1.807, 2.05) is 6.92 Å². The van der Waals surface area contributed by atoms with Crippen LogP contribution < -0.4 is 11.1 Å². The van der Waals surface area contributed by atoms with Gasteiger partial charge in [-0.25, -0.2) is 4.39 Å². The predicted molar refractivity (Wildman–Crippen MR) is 67.5 cm³/mol. The van der Waals surface area contributed by atoms with Crippen LogP contribution in [0, 0.1) is 11.7 Å². The molecule has 17 heavy (non-hydrogen) atoms. The Morgan fingerprint density at radius 3 is 2.88 bits per heavy atom. The summed E-state index contributed by atoms with van der Waals surface area (Å²) in [6.07, 6.45) is 1.11. The van der Waals surface area contributed by atoms with Gasteiger partial charge in [0.2, 0.25) is 5.91 Å². The Balaban J connectivity index is 2.65. The van der Waals surface area contributed by atoms with Crippen LogP contribution in [0.5, 0.6) is 0 Å². The lowest BCUT2D eigenvalue weighted by atomic mass is 10.0. The zero-order valence-electron chi connectivity index (χ0n) is 9.67. The van der Waals surface area contributed by atoms with E-state index in [1.165, 1.54) is 12.1 Å². The molecule has 0 spiro atoms. The third-order valence-corrected chi connectivity index (χ3v) is 2.90. The van der Waals surface area contributed by atoms with Crippen LogP contribution in [0.4, 0.5) is 10.1 Å². The van der Waals surface area contributed by atoms with E-state index in [0.717, 1.165) is 6.42 Å². The molecule has 0 aliphatic heterocycles. The van der Waals surface area contributed by atoms with Crippen molar-refractivity contribution in [1.82, 2.24) is 0 Å². The highest BCUT2D eigenvalue weighted by Crippen LogP contribution is 2.22. The van der Waals surface area contributed by atoms with Crippen molar-refractivity contribution in [3.8, 4) is 0 Å². The number of anilines is 1. The van der Waals surface area contributed by atoms with Crippen molar-refractivity contribution < 1.29 is 9.18 Å². The molecule has 1 aromatic carbocycles. The van der Waals surface area contributed by atoms with E-state index in [1.54, 1.807) is 6.07 Å². The Morgan fingerprint density at radius 1 is 1.59 bits per heavy atom. The summed E-state index contributed by atoms with van der Waals surface area (Å²) in [6, 6.07) is 4.49. The molecule has 5 heteroatoms. The van der Waals surface area contributed by atoms with Crippen molar-refractivity contribution >= 4 is 23.2 Å². The molecule has 0 saturated heterocycles. The summed E-state index contributed by atoms with van der Waals surface area (Å²) in [5, 5.41) is 2.49. The van der Waals surface area contributed by atoms with Crippen molar-refractivity contribution in [3.63, 3.8) is 0 Å². The van der Waals surface area contributed by atoms with Gasteiger partial charge in [-0.3, -0.25) is 4.79 Å². The predicted octanol–water partition coefficient (Wildman–Crippen LogP) is 2.79. The molecule has 0 aliphatic carbocycles. The molecule has 0 saturated carbocycles. The van der Waals surface area contributed by atoms with Crippen LogP contribution in [0.15, 0.2) is 18.2 Å². The maximum absolute atomic E-state index is 13.5. The van der Waals surface area contributed by atoms with Crippen molar-refractivity contribution in [2.45, 2.75) is 19.8 Å². The fourth-order valence-electron chi connectivity index (χ4n) is 1.46. The lowest BCUT2D eigenvalue weighted by Crippen LogP contribution is -2.22. The molecule has 0 aliphatic rings. The van der Waals surface area contributed by atoms with Crippen LogP contribution >= 0.6 is 11.6 Å². The van der Waals surface area contributed by atoms with E-state index < -0.39 is 5.82 Å². The first-order valence-electron chi connectivity index (χ1n) is 5.52. The summed E-state index contributed by atoms with van der Waals surface area (Å²) in [5.41, 5.74) is 5.61. The first kappa shape index (κ1) is 13.9. The summed E-state index contributed by atoms with van der Waals surface area (Å²) in [6.45, 7) is 2.41. The van der Waals surface area contributed by atoms with Gasteiger partial charge in [-0.1, -0.05) is 31.0 Å². The van der Waals surface area contributed by atoms with Gasteiger partial charge in [0.25, 0.3) is 0 Å². The minimum atomic E-state index is -0.608. The molecule has 0 aromatic heterocycles. The highest BCUT2D eigenvalue weighted by Gasteiger charge is 2.13. The molecule has 0 bridgehead atoms. The van der Waals surface area contributed by atoms with Gasteiger partial charge in [0.05, 0.1) is 10.7 Å². The summed E-state index contributed by atoms with van der Waals surface area (Å²) in [4.78, 5) is 11.6. The number of rotatable bonds is 5. The third kappa shape index (κ3) is 3.98. The number of amides is 1. The Morgan fingerprint density at radius 2 is 2.29 bits per heavy atom. The number of hydrogen-bond acceptors (Lipinski definition) is 2. The highest BCUT2D eigenvalue weighted by molar-refractivity contribution is 6.31. The Kier molecular flexibility index (Phi) is 5.38. The van der Waals surface area contributed by atoms with Gasteiger partial charge in [0.1, 0.15) is 0 Å². The summed E-state index contributed by atoms with van der Waals surface area (Å²) >= 11 is 5.61. The molecule has 0 radical (unpaired) electrons. The molecule has 3 nitrogen and oxygen atoms in total. The third-order valence-electron chi connectivity index (χ3n) is 2.61. The number of carbonyl (C=O) groups excluding carboxylic acids is 1. The fourth-order valence-corrected chi connectivity index (χ4v) is 1.63. The van der Waals surface area contributed by atoms with Gasteiger partial charge in [-0.2, -0.15) is 0 Å². The van der Waals surface area contributed by atoms with Crippen LogP contribution in [-0.4, -0.2) is 12.5 Å². The largest absolute Gasteiger partial charge is 0.330 e. The number of halogens is 2. The molecular weight excluding hydrogens is 243 g/mol. The monoisotopic (exact) mass is 258 g/mol. The molecular formula is C12H16ClFN2O. The average molecular weight is 259 g/mol. The standard InChI is InChI=1S/C12H16ClFN2O/c1-2-8(7-15)6-11(17)16-10-5-3-4-9(13)12(10)14/h3-5,8H,2,6-7,15H2,1H3,(H,16,17). The topological polar surface area (TPSA) is 55.1 Å². The fraction of sp³-hybridized carbons (Fsp3) is 0.417. The first-order chi connectivity index (χ1) is 8.08. The van der Waals surface area contributed by atoms with Crippen LogP contribution in [0.2, 0.25) is 5.02 Å². The van der Waals surface area contributed by atoms with E-state index in [-0.39, 0.29) is 22.5 Å². The van der Waals surface area contributed by atoms with Gasteiger partial charge in [-0.05, 0) is 24.6 Å². The van der Waals surface area contributed by atoms with E-state index >= 15 is 0 Å². The molecule has 94 valence electrons. The zero-order chi connectivity index (χ0) is 12.8. The number of nitrogens with one attached hydrogen (secondary N) is 1. The van der Waals surface area contributed by atoms with Gasteiger partial charge in [0, 0.05) is 6.42 Å². The first-order valence-corrected chi connectivity index (χ1v) is 5.90. The van der Waals surface area contributed by atoms with Crippen LogP contribution in [0.25, 0.3) is 0 Å². The zero-order valence-corrected chi connectivity index (χ0v) is 10.4.